The fraction of sp³-hybridized carbons (Fsp3) is 0.706. The highest BCUT2D eigenvalue weighted by molar-refractivity contribution is 7.89. The van der Waals surface area contributed by atoms with E-state index in [4.69, 9.17) is 4.74 Å². The lowest BCUT2D eigenvalue weighted by Gasteiger charge is -2.35. The summed E-state index contributed by atoms with van der Waals surface area (Å²) >= 11 is 0. The Bertz CT molecular complexity index is 619. The van der Waals surface area contributed by atoms with Gasteiger partial charge in [0, 0.05) is 45.1 Å². The molecule has 0 unspecified atom stereocenters. The summed E-state index contributed by atoms with van der Waals surface area (Å²) in [6.07, 6.45) is 4.84. The number of nitrogens with one attached hydrogen (secondary N) is 1. The van der Waals surface area contributed by atoms with Crippen LogP contribution in [0.25, 0.3) is 0 Å². The Morgan fingerprint density at radius 3 is 2.54 bits per heavy atom. The molecule has 0 amide bonds. The van der Waals surface area contributed by atoms with Crippen LogP contribution in [0.2, 0.25) is 0 Å². The molecule has 1 aromatic heterocycles. The minimum Gasteiger partial charge on any atom is -0.381 e. The Kier molecular flexibility index (Phi) is 5.86. The molecule has 2 aliphatic rings. The summed E-state index contributed by atoms with van der Waals surface area (Å²) in [5, 5.41) is 3.25. The number of aryl methyl sites for hydroxylation is 1. The third kappa shape index (κ3) is 4.33. The molecule has 0 spiro atoms. The fourth-order valence-electron chi connectivity index (χ4n) is 3.35. The lowest BCUT2D eigenvalue weighted by molar-refractivity contribution is 0.0968. The van der Waals surface area contributed by atoms with Crippen molar-refractivity contribution in [2.75, 3.05) is 26.3 Å². The van der Waals surface area contributed by atoms with Crippen LogP contribution in [0.3, 0.4) is 0 Å². The largest absolute Gasteiger partial charge is 0.381 e. The van der Waals surface area contributed by atoms with Crippen molar-refractivity contribution in [3.05, 3.63) is 29.6 Å². The van der Waals surface area contributed by atoms with E-state index >= 15 is 0 Å². The molecule has 2 aliphatic heterocycles. The number of ether oxygens (including phenoxy) is 1. The number of aromatic nitrogens is 1. The molecular weight excluding hydrogens is 326 g/mol. The maximum atomic E-state index is 12.7. The standard InChI is InChI=1S/C17H27N3O3S/c1-14-2-3-16(18-12-14)13-19-15-4-8-20(9-5-15)24(21,22)17-6-10-23-11-7-17/h2-3,12,15,17,19H,4-11,13H2,1H3. The maximum Gasteiger partial charge on any atom is 0.217 e. The molecule has 24 heavy (non-hydrogen) atoms. The summed E-state index contributed by atoms with van der Waals surface area (Å²) in [6.45, 7) is 5.10. The van der Waals surface area contributed by atoms with Crippen molar-refractivity contribution in [2.45, 2.75) is 50.4 Å². The van der Waals surface area contributed by atoms with Crippen LogP contribution in [-0.4, -0.2) is 55.3 Å². The number of piperidine rings is 1. The van der Waals surface area contributed by atoms with Crippen LogP contribution in [0.1, 0.15) is 36.9 Å². The van der Waals surface area contributed by atoms with Gasteiger partial charge in [0.2, 0.25) is 10.0 Å². The van der Waals surface area contributed by atoms with Gasteiger partial charge in [-0.1, -0.05) is 6.07 Å². The summed E-state index contributed by atoms with van der Waals surface area (Å²) in [5.41, 5.74) is 2.18. The molecule has 7 heteroatoms. The molecule has 1 aromatic rings. The van der Waals surface area contributed by atoms with E-state index in [9.17, 15) is 8.42 Å². The van der Waals surface area contributed by atoms with Crippen LogP contribution in [0.15, 0.2) is 18.3 Å². The lowest BCUT2D eigenvalue weighted by atomic mass is 10.1. The Morgan fingerprint density at radius 1 is 1.21 bits per heavy atom. The summed E-state index contributed by atoms with van der Waals surface area (Å²) in [7, 11) is -3.17. The van der Waals surface area contributed by atoms with Crippen molar-refractivity contribution >= 4 is 10.0 Å². The smallest absolute Gasteiger partial charge is 0.217 e. The first-order valence-electron chi connectivity index (χ1n) is 8.77. The molecule has 2 fully saturated rings. The van der Waals surface area contributed by atoms with E-state index in [1.165, 1.54) is 0 Å². The highest BCUT2D eigenvalue weighted by Gasteiger charge is 2.35. The maximum absolute atomic E-state index is 12.7. The van der Waals surface area contributed by atoms with Gasteiger partial charge in [0.25, 0.3) is 0 Å². The van der Waals surface area contributed by atoms with Gasteiger partial charge in [0.15, 0.2) is 0 Å². The summed E-state index contributed by atoms with van der Waals surface area (Å²) in [5.74, 6) is 0. The molecule has 6 nitrogen and oxygen atoms in total. The van der Waals surface area contributed by atoms with Gasteiger partial charge < -0.3 is 10.1 Å². The van der Waals surface area contributed by atoms with Gasteiger partial charge in [-0.05, 0) is 44.2 Å². The molecule has 3 heterocycles. The van der Waals surface area contributed by atoms with E-state index in [1.54, 1.807) is 4.31 Å². The molecule has 0 saturated carbocycles. The van der Waals surface area contributed by atoms with Crippen molar-refractivity contribution in [1.82, 2.24) is 14.6 Å². The predicted octanol–water partition coefficient (Wildman–Crippen LogP) is 1.45. The molecule has 2 saturated heterocycles. The molecule has 134 valence electrons. The third-order valence-corrected chi connectivity index (χ3v) is 7.35. The first-order chi connectivity index (χ1) is 11.6. The van der Waals surface area contributed by atoms with E-state index in [1.807, 2.05) is 19.2 Å². The van der Waals surface area contributed by atoms with E-state index in [-0.39, 0.29) is 5.25 Å². The number of sulfonamides is 1. The normalized spacial score (nSPS) is 21.9. The Morgan fingerprint density at radius 2 is 1.92 bits per heavy atom. The van der Waals surface area contributed by atoms with Crippen molar-refractivity contribution in [1.29, 1.82) is 0 Å². The number of pyridine rings is 1. The minimum absolute atomic E-state index is 0.257. The van der Waals surface area contributed by atoms with Crippen LogP contribution in [0, 0.1) is 6.92 Å². The van der Waals surface area contributed by atoms with Crippen molar-refractivity contribution in [2.24, 2.45) is 0 Å². The van der Waals surface area contributed by atoms with E-state index in [2.05, 4.69) is 16.4 Å². The SMILES string of the molecule is Cc1ccc(CNC2CCN(S(=O)(=O)C3CCOCC3)CC2)nc1. The van der Waals surface area contributed by atoms with Crippen LogP contribution in [-0.2, 0) is 21.3 Å². The molecule has 0 aliphatic carbocycles. The summed E-state index contributed by atoms with van der Waals surface area (Å²) in [4.78, 5) is 4.40. The van der Waals surface area contributed by atoms with Crippen molar-refractivity contribution in [3.8, 4) is 0 Å². The Labute approximate surface area is 144 Å². The van der Waals surface area contributed by atoms with Gasteiger partial charge in [-0.3, -0.25) is 4.98 Å². The van der Waals surface area contributed by atoms with Crippen LogP contribution in [0.4, 0.5) is 0 Å². The molecular formula is C17H27N3O3S. The third-order valence-electron chi connectivity index (χ3n) is 4.95. The van der Waals surface area contributed by atoms with E-state index in [0.29, 0.717) is 45.2 Å². The monoisotopic (exact) mass is 353 g/mol. The Balaban J connectivity index is 1.47. The number of nitrogens with zero attached hydrogens (tertiary/aromatic N) is 2. The second-order valence-electron chi connectivity index (χ2n) is 6.74. The zero-order chi connectivity index (χ0) is 17.0. The average Bonchev–Trinajstić information content (AvgIpc) is 2.62. The van der Waals surface area contributed by atoms with Crippen LogP contribution >= 0.6 is 0 Å². The van der Waals surface area contributed by atoms with Gasteiger partial charge in [-0.25, -0.2) is 12.7 Å². The number of hydrogen-bond donors (Lipinski definition) is 1. The van der Waals surface area contributed by atoms with Crippen molar-refractivity contribution in [3.63, 3.8) is 0 Å². The number of hydrogen-bond acceptors (Lipinski definition) is 5. The topological polar surface area (TPSA) is 71.5 Å². The highest BCUT2D eigenvalue weighted by Crippen LogP contribution is 2.23. The first-order valence-corrected chi connectivity index (χ1v) is 10.3. The van der Waals surface area contributed by atoms with Gasteiger partial charge >= 0.3 is 0 Å². The lowest BCUT2D eigenvalue weighted by Crippen LogP contribution is -2.48. The first kappa shape index (κ1) is 17.8. The van der Waals surface area contributed by atoms with E-state index in [0.717, 1.165) is 30.6 Å². The van der Waals surface area contributed by atoms with Gasteiger partial charge in [0.05, 0.1) is 10.9 Å². The van der Waals surface area contributed by atoms with Gasteiger partial charge in [-0.2, -0.15) is 0 Å². The Hall–Kier alpha value is -1.02. The molecule has 1 N–H and O–H groups in total. The van der Waals surface area contributed by atoms with Crippen LogP contribution in [0.5, 0.6) is 0 Å². The fourth-order valence-corrected chi connectivity index (χ4v) is 5.28. The van der Waals surface area contributed by atoms with Gasteiger partial charge in [0.1, 0.15) is 0 Å². The molecule has 0 aromatic carbocycles. The van der Waals surface area contributed by atoms with Gasteiger partial charge in [-0.15, -0.1) is 0 Å². The van der Waals surface area contributed by atoms with Crippen molar-refractivity contribution < 1.29 is 13.2 Å². The molecule has 3 rings (SSSR count). The highest BCUT2D eigenvalue weighted by atomic mass is 32.2. The minimum atomic E-state index is -3.17. The average molecular weight is 353 g/mol. The zero-order valence-corrected chi connectivity index (χ0v) is 15.1. The molecule has 0 radical (unpaired) electrons. The zero-order valence-electron chi connectivity index (χ0n) is 14.3. The second kappa shape index (κ2) is 7.91. The number of rotatable bonds is 5. The molecule has 0 atom stereocenters. The van der Waals surface area contributed by atoms with Crippen LogP contribution < -0.4 is 5.32 Å². The quantitative estimate of drug-likeness (QED) is 0.868. The predicted molar refractivity (Wildman–Crippen MR) is 93.2 cm³/mol. The summed E-state index contributed by atoms with van der Waals surface area (Å²) in [6, 6.07) is 4.45. The second-order valence-corrected chi connectivity index (χ2v) is 8.95. The summed E-state index contributed by atoms with van der Waals surface area (Å²) < 4.78 is 32.4. The van der Waals surface area contributed by atoms with E-state index < -0.39 is 10.0 Å². The molecule has 0 bridgehead atoms.